The number of rotatable bonds is 6. The molecule has 0 aromatic heterocycles. The van der Waals surface area contributed by atoms with E-state index in [-0.39, 0.29) is 106 Å². The SMILES string of the molecule is CO.COc1cccc(C=O)c1[O-].COc1cccc(C=O)c1[O-].COc1cccc(C=O)c1[O-].O=[N+]([O-])[O-].O=[N+]([O-])[O-].[Ni+3].[Tb]. The number of hydrogen-bond acceptors (Lipinski definition) is 16. The van der Waals surface area contributed by atoms with Crippen molar-refractivity contribution in [2.45, 2.75) is 0 Å². The Bertz CT molecular complexity index is 1140. The van der Waals surface area contributed by atoms with Crippen LogP contribution in [0.2, 0.25) is 0 Å². The summed E-state index contributed by atoms with van der Waals surface area (Å²) in [6.07, 6.45) is 1.56. The van der Waals surface area contributed by atoms with Crippen LogP contribution in [0.15, 0.2) is 54.6 Å². The summed E-state index contributed by atoms with van der Waals surface area (Å²) in [5, 5.41) is 69.7. The number of carbonyl (C=O) groups excluding carboxylic acids is 3. The van der Waals surface area contributed by atoms with Crippen LogP contribution in [0.1, 0.15) is 31.1 Å². The van der Waals surface area contributed by atoms with Crippen molar-refractivity contribution in [3.63, 3.8) is 0 Å². The van der Waals surface area contributed by atoms with Crippen molar-refractivity contribution >= 4 is 18.9 Å². The van der Waals surface area contributed by atoms with E-state index in [1.54, 1.807) is 18.2 Å². The first-order chi connectivity index (χ1) is 20.3. The maximum atomic E-state index is 11.1. The smallest absolute Gasteiger partial charge is 0.869 e. The van der Waals surface area contributed by atoms with Crippen LogP contribution in [0.25, 0.3) is 0 Å². The van der Waals surface area contributed by atoms with Gasteiger partial charge in [-0.1, -0.05) is 53.6 Å². The Morgan fingerprint density at radius 3 is 0.867 bits per heavy atom. The molecule has 3 rings (SSSR count). The zero-order valence-corrected chi connectivity index (χ0v) is 26.7. The molecule has 0 fully saturated rings. The van der Waals surface area contributed by atoms with Crippen molar-refractivity contribution in [2.75, 3.05) is 28.4 Å². The molecule has 0 unspecified atom stereocenters. The predicted octanol–water partition coefficient (Wildman–Crippen LogP) is 0.872. The van der Waals surface area contributed by atoms with Gasteiger partial charge < -0.3 is 65.3 Å². The molecule has 0 aliphatic rings. The maximum Gasteiger partial charge on any atom is 3.00 e. The van der Waals surface area contributed by atoms with Gasteiger partial charge in [0.2, 0.25) is 0 Å². The molecule has 20 heteroatoms. The molecule has 0 bridgehead atoms. The summed E-state index contributed by atoms with van der Waals surface area (Å²) in [6.45, 7) is 0. The van der Waals surface area contributed by atoms with Gasteiger partial charge in [0.25, 0.3) is 0 Å². The predicted molar refractivity (Wildman–Crippen MR) is 142 cm³/mol. The average Bonchev–Trinajstić information content (AvgIpc) is 2.98. The molecular formula is C25H25N2NiO16Tb-2. The molecule has 1 N–H and O–H groups in total. The molecule has 0 spiro atoms. The summed E-state index contributed by atoms with van der Waals surface area (Å²) in [5.41, 5.74) is 0.387. The molecule has 0 saturated heterocycles. The van der Waals surface area contributed by atoms with Gasteiger partial charge in [0.15, 0.2) is 0 Å². The van der Waals surface area contributed by atoms with Crippen LogP contribution in [-0.4, -0.2) is 62.6 Å². The fourth-order valence-corrected chi connectivity index (χ4v) is 2.36. The molecule has 2 radical (unpaired) electrons. The zero-order valence-electron chi connectivity index (χ0n) is 23.5. The molecule has 0 saturated carbocycles. The Kier molecular flexibility index (Phi) is 34.7. The number of aldehydes is 3. The third-order valence-corrected chi connectivity index (χ3v) is 4.07. The molecule has 3 aromatic rings. The Morgan fingerprint density at radius 2 is 0.733 bits per heavy atom. The Morgan fingerprint density at radius 1 is 0.556 bits per heavy atom. The average molecular weight is 827 g/mol. The van der Waals surface area contributed by atoms with Crippen molar-refractivity contribution in [3.05, 3.63) is 102 Å². The van der Waals surface area contributed by atoms with Crippen LogP contribution in [0, 0.1) is 69.3 Å². The number of hydrogen-bond donors (Lipinski definition) is 1. The standard InChI is InChI=1S/3C8H8O3.CH4O.2NO3.Ni.Tb/c3*1-11-7-4-2-3-6(5-9)8(7)10;1-2;2*2-1(3)4;;/h3*2-5,10H,1H3;2H,1H3;;;;/q;;;;2*-1;+3;/p-3. The quantitative estimate of drug-likeness (QED) is 0.156. The minimum atomic E-state index is -1.75. The van der Waals surface area contributed by atoms with E-state index in [0.717, 1.165) is 7.11 Å². The van der Waals surface area contributed by atoms with Crippen molar-refractivity contribution in [1.29, 1.82) is 0 Å². The second kappa shape index (κ2) is 31.0. The van der Waals surface area contributed by atoms with E-state index in [4.69, 9.17) is 50.0 Å². The fourth-order valence-electron chi connectivity index (χ4n) is 2.36. The number of benzene rings is 3. The Hall–Kier alpha value is -4.39. The normalized spacial score (nSPS) is 7.93. The van der Waals surface area contributed by atoms with Crippen molar-refractivity contribution < 1.29 is 114 Å². The van der Waals surface area contributed by atoms with Crippen LogP contribution in [-0.2, 0) is 16.5 Å². The van der Waals surface area contributed by atoms with E-state index in [1.807, 2.05) is 0 Å². The van der Waals surface area contributed by atoms with Gasteiger partial charge in [-0.2, -0.15) is 0 Å². The van der Waals surface area contributed by atoms with Gasteiger partial charge in [0.1, 0.15) is 36.1 Å². The summed E-state index contributed by atoms with van der Waals surface area (Å²) in [7, 11) is 5.18. The van der Waals surface area contributed by atoms with Gasteiger partial charge in [-0.3, -0.25) is 14.4 Å². The van der Waals surface area contributed by atoms with Crippen LogP contribution < -0.4 is 29.5 Å². The van der Waals surface area contributed by atoms with Crippen molar-refractivity contribution in [3.8, 4) is 34.5 Å². The van der Waals surface area contributed by atoms with Gasteiger partial charge in [-0.25, -0.2) is 0 Å². The van der Waals surface area contributed by atoms with Crippen LogP contribution in [0.5, 0.6) is 34.5 Å². The third kappa shape index (κ3) is 22.8. The number of methoxy groups -OCH3 is 3. The number of aliphatic hydroxyl groups is 1. The van der Waals surface area contributed by atoms with Gasteiger partial charge in [-0.05, 0) is 18.2 Å². The Labute approximate surface area is 296 Å². The fraction of sp³-hybridized carbons (Fsp3) is 0.160. The molecule has 0 atom stereocenters. The summed E-state index contributed by atoms with van der Waals surface area (Å²) in [4.78, 5) is 47.2. The summed E-state index contributed by atoms with van der Waals surface area (Å²) in [5.74, 6) is -0.459. The van der Waals surface area contributed by atoms with Crippen LogP contribution >= 0.6 is 0 Å². The second-order valence-corrected chi connectivity index (χ2v) is 6.44. The van der Waals surface area contributed by atoms with E-state index in [2.05, 4.69) is 0 Å². The minimum absolute atomic E-state index is 0. The maximum absolute atomic E-state index is 11.1. The van der Waals surface area contributed by atoms with E-state index in [9.17, 15) is 29.7 Å². The molecule has 45 heavy (non-hydrogen) atoms. The first-order valence-electron chi connectivity index (χ1n) is 10.8. The van der Waals surface area contributed by atoms with Crippen molar-refractivity contribution in [2.24, 2.45) is 0 Å². The first-order valence-corrected chi connectivity index (χ1v) is 10.8. The number of carbonyl (C=O) groups is 3. The second-order valence-electron chi connectivity index (χ2n) is 6.44. The van der Waals surface area contributed by atoms with Gasteiger partial charge in [-0.15, -0.1) is 0 Å². The number of aliphatic hydroxyl groups excluding tert-OH is 1. The summed E-state index contributed by atoms with van der Waals surface area (Å²) >= 11 is 0. The van der Waals surface area contributed by atoms with Crippen molar-refractivity contribution in [1.82, 2.24) is 0 Å². The molecule has 3 aromatic carbocycles. The summed E-state index contributed by atoms with van der Waals surface area (Å²) < 4.78 is 14.1. The monoisotopic (exact) mass is 826 g/mol. The summed E-state index contributed by atoms with van der Waals surface area (Å²) in [6, 6.07) is 13.7. The number of ether oxygens (including phenoxy) is 3. The van der Waals surface area contributed by atoms with E-state index < -0.39 is 10.2 Å². The largest absolute Gasteiger partial charge is 3.00 e. The molecule has 0 aliphatic carbocycles. The van der Waals surface area contributed by atoms with E-state index in [1.165, 1.54) is 57.7 Å². The molecule has 0 amide bonds. The topological polar surface area (TPSA) is 301 Å². The van der Waals surface area contributed by atoms with Gasteiger partial charge >= 0.3 is 16.5 Å². The Balaban J connectivity index is -0.000000152. The molecule has 0 heterocycles. The molecule has 18 nitrogen and oxygen atoms in total. The molecular weight excluding hydrogens is 802 g/mol. The van der Waals surface area contributed by atoms with E-state index >= 15 is 0 Å². The molecule has 252 valence electrons. The van der Waals surface area contributed by atoms with Crippen LogP contribution in [0.3, 0.4) is 0 Å². The number of para-hydroxylation sites is 3. The molecule has 0 aliphatic heterocycles. The van der Waals surface area contributed by atoms with E-state index in [0.29, 0.717) is 18.9 Å². The number of nitrogens with zero attached hydrogens (tertiary/aromatic N) is 2. The first kappa shape index (κ1) is 50.2. The zero-order chi connectivity index (χ0) is 34.0. The third-order valence-electron chi connectivity index (χ3n) is 4.07. The van der Waals surface area contributed by atoms with Crippen LogP contribution in [0.4, 0.5) is 0 Å². The minimum Gasteiger partial charge on any atom is -0.869 e. The van der Waals surface area contributed by atoms with Gasteiger partial charge in [0.05, 0.1) is 31.5 Å². The van der Waals surface area contributed by atoms with Gasteiger partial charge in [0, 0.05) is 62.4 Å².